The molecule has 1 N–H and O–H groups in total. The second-order valence-corrected chi connectivity index (χ2v) is 5.42. The van der Waals surface area contributed by atoms with Crippen molar-refractivity contribution in [2.45, 2.75) is 19.9 Å². The molecule has 1 fully saturated rings. The van der Waals surface area contributed by atoms with Crippen molar-refractivity contribution in [3.8, 4) is 0 Å². The zero-order valence-electron chi connectivity index (χ0n) is 13.1. The third kappa shape index (κ3) is 5.91. The Labute approximate surface area is 138 Å². The normalized spacial score (nSPS) is 15.7. The van der Waals surface area contributed by atoms with Gasteiger partial charge in [-0.1, -0.05) is 12.1 Å². The topological polar surface area (TPSA) is 35.6 Å². The van der Waals surface area contributed by atoms with Gasteiger partial charge in [0.05, 0.1) is 6.54 Å². The fourth-order valence-corrected chi connectivity index (χ4v) is 2.58. The number of amides is 1. The van der Waals surface area contributed by atoms with Crippen LogP contribution in [0, 0.1) is 5.82 Å². The van der Waals surface area contributed by atoms with Crippen LogP contribution in [0.25, 0.3) is 0 Å². The minimum absolute atomic E-state index is 0. The van der Waals surface area contributed by atoms with Gasteiger partial charge in [0.2, 0.25) is 5.91 Å². The number of nitrogens with zero attached hydrogens (tertiary/aromatic N) is 2. The van der Waals surface area contributed by atoms with E-state index in [1.807, 2.05) is 13.0 Å². The van der Waals surface area contributed by atoms with Crippen LogP contribution in [0.4, 0.5) is 4.39 Å². The van der Waals surface area contributed by atoms with Crippen molar-refractivity contribution in [2.24, 2.45) is 0 Å². The van der Waals surface area contributed by atoms with Crippen molar-refractivity contribution >= 4 is 18.3 Å². The zero-order chi connectivity index (χ0) is 15.1. The third-order valence-corrected chi connectivity index (χ3v) is 3.79. The van der Waals surface area contributed by atoms with Gasteiger partial charge in [-0.3, -0.25) is 9.69 Å². The van der Waals surface area contributed by atoms with Crippen molar-refractivity contribution < 1.29 is 9.18 Å². The fourth-order valence-electron chi connectivity index (χ4n) is 2.58. The number of carbonyl (C=O) groups is 1. The van der Waals surface area contributed by atoms with E-state index in [0.717, 1.165) is 38.2 Å². The molecule has 6 heteroatoms. The van der Waals surface area contributed by atoms with Crippen molar-refractivity contribution in [1.82, 2.24) is 15.1 Å². The number of carbonyl (C=O) groups excluding carboxylic acids is 1. The molecule has 1 aromatic carbocycles. The summed E-state index contributed by atoms with van der Waals surface area (Å²) in [5.41, 5.74) is 0.836. The highest BCUT2D eigenvalue weighted by molar-refractivity contribution is 5.85. The second kappa shape index (κ2) is 9.77. The summed E-state index contributed by atoms with van der Waals surface area (Å²) in [7, 11) is 0. The monoisotopic (exact) mass is 329 g/mol. The van der Waals surface area contributed by atoms with E-state index in [-0.39, 0.29) is 24.1 Å². The zero-order valence-corrected chi connectivity index (χ0v) is 13.9. The van der Waals surface area contributed by atoms with Gasteiger partial charge in [0.15, 0.2) is 0 Å². The number of halogens is 2. The molecule has 1 aliphatic heterocycles. The highest BCUT2D eigenvalue weighted by Gasteiger charge is 2.17. The van der Waals surface area contributed by atoms with Gasteiger partial charge in [-0.2, -0.15) is 0 Å². The lowest BCUT2D eigenvalue weighted by atomic mass is 10.2. The molecule has 0 spiro atoms. The maximum absolute atomic E-state index is 13.2. The lowest BCUT2D eigenvalue weighted by molar-refractivity contribution is -0.132. The van der Waals surface area contributed by atoms with Gasteiger partial charge in [0, 0.05) is 26.2 Å². The van der Waals surface area contributed by atoms with Crippen molar-refractivity contribution in [3.63, 3.8) is 0 Å². The van der Waals surface area contributed by atoms with E-state index < -0.39 is 0 Å². The van der Waals surface area contributed by atoms with Gasteiger partial charge >= 0.3 is 0 Å². The summed E-state index contributed by atoms with van der Waals surface area (Å²) >= 11 is 0. The Morgan fingerprint density at radius 3 is 2.91 bits per heavy atom. The van der Waals surface area contributed by atoms with Gasteiger partial charge < -0.3 is 10.2 Å². The predicted octanol–water partition coefficient (Wildman–Crippen LogP) is 1.89. The standard InChI is InChI=1S/C16H24FN3O.ClH/c1-2-20(12-14-5-3-6-15(17)11-14)16(21)13-19-9-4-7-18-8-10-19;/h3,5-6,11,18H,2,4,7-10,12-13H2,1H3;1H. The Morgan fingerprint density at radius 2 is 2.18 bits per heavy atom. The summed E-state index contributed by atoms with van der Waals surface area (Å²) in [6.45, 7) is 7.33. The summed E-state index contributed by atoms with van der Waals surface area (Å²) in [5.74, 6) is -0.141. The van der Waals surface area contributed by atoms with Crippen LogP contribution in [0.1, 0.15) is 18.9 Å². The molecule has 1 amide bonds. The van der Waals surface area contributed by atoms with Crippen LogP contribution in [0.15, 0.2) is 24.3 Å². The van der Waals surface area contributed by atoms with Gasteiger partial charge in [-0.05, 0) is 44.1 Å². The van der Waals surface area contributed by atoms with Crippen molar-refractivity contribution in [2.75, 3.05) is 39.3 Å². The first-order valence-corrected chi connectivity index (χ1v) is 7.64. The number of likely N-dealkylation sites (N-methyl/N-ethyl adjacent to an activating group) is 1. The number of nitrogens with one attached hydrogen (secondary N) is 1. The van der Waals surface area contributed by atoms with E-state index in [1.54, 1.807) is 11.0 Å². The molecule has 0 aromatic heterocycles. The highest BCUT2D eigenvalue weighted by atomic mass is 35.5. The van der Waals surface area contributed by atoms with Gasteiger partial charge in [-0.15, -0.1) is 12.4 Å². The quantitative estimate of drug-likeness (QED) is 0.896. The molecule has 124 valence electrons. The van der Waals surface area contributed by atoms with E-state index in [2.05, 4.69) is 10.2 Å². The van der Waals surface area contributed by atoms with Gasteiger partial charge in [-0.25, -0.2) is 4.39 Å². The summed E-state index contributed by atoms with van der Waals surface area (Å²) in [6, 6.07) is 6.45. The Hall–Kier alpha value is -1.17. The highest BCUT2D eigenvalue weighted by Crippen LogP contribution is 2.08. The number of benzene rings is 1. The van der Waals surface area contributed by atoms with E-state index >= 15 is 0 Å². The van der Waals surface area contributed by atoms with Crippen LogP contribution in [-0.2, 0) is 11.3 Å². The van der Waals surface area contributed by atoms with E-state index in [0.29, 0.717) is 19.6 Å². The first-order valence-electron chi connectivity index (χ1n) is 7.64. The van der Waals surface area contributed by atoms with Gasteiger partial charge in [0.25, 0.3) is 0 Å². The Bertz CT molecular complexity index is 464. The predicted molar refractivity (Wildman–Crippen MR) is 88.7 cm³/mol. The molecule has 22 heavy (non-hydrogen) atoms. The molecule has 1 heterocycles. The van der Waals surface area contributed by atoms with Crippen LogP contribution < -0.4 is 5.32 Å². The molecule has 0 radical (unpaired) electrons. The molecular formula is C16H25ClFN3O. The van der Waals surface area contributed by atoms with Crippen LogP contribution in [0.5, 0.6) is 0 Å². The van der Waals surface area contributed by atoms with Crippen LogP contribution in [0.3, 0.4) is 0 Å². The molecule has 2 rings (SSSR count). The molecule has 0 saturated carbocycles. The maximum Gasteiger partial charge on any atom is 0.237 e. The largest absolute Gasteiger partial charge is 0.338 e. The fraction of sp³-hybridized carbons (Fsp3) is 0.562. The molecule has 1 aliphatic rings. The summed E-state index contributed by atoms with van der Waals surface area (Å²) < 4.78 is 13.2. The summed E-state index contributed by atoms with van der Waals surface area (Å²) in [4.78, 5) is 16.4. The molecular weight excluding hydrogens is 305 g/mol. The molecule has 1 aromatic rings. The van der Waals surface area contributed by atoms with Crippen LogP contribution in [0.2, 0.25) is 0 Å². The smallest absolute Gasteiger partial charge is 0.237 e. The molecule has 0 aliphatic carbocycles. The summed E-state index contributed by atoms with van der Waals surface area (Å²) in [6.07, 6.45) is 1.07. The number of rotatable bonds is 5. The minimum atomic E-state index is -0.255. The third-order valence-electron chi connectivity index (χ3n) is 3.79. The Balaban J connectivity index is 0.00000242. The average molecular weight is 330 g/mol. The second-order valence-electron chi connectivity index (χ2n) is 5.42. The van der Waals surface area contributed by atoms with Crippen LogP contribution >= 0.6 is 12.4 Å². The number of hydrogen-bond donors (Lipinski definition) is 1. The molecule has 1 saturated heterocycles. The lowest BCUT2D eigenvalue weighted by Crippen LogP contribution is -2.41. The Morgan fingerprint density at radius 1 is 1.36 bits per heavy atom. The number of hydrogen-bond acceptors (Lipinski definition) is 3. The molecule has 0 atom stereocenters. The van der Waals surface area contributed by atoms with E-state index in [4.69, 9.17) is 0 Å². The SMILES string of the molecule is CCN(Cc1cccc(F)c1)C(=O)CN1CCCNCC1.Cl. The van der Waals surface area contributed by atoms with Crippen LogP contribution in [-0.4, -0.2) is 55.0 Å². The Kier molecular flexibility index (Phi) is 8.38. The maximum atomic E-state index is 13.2. The minimum Gasteiger partial charge on any atom is -0.338 e. The first-order chi connectivity index (χ1) is 10.2. The van der Waals surface area contributed by atoms with E-state index in [1.165, 1.54) is 12.1 Å². The summed E-state index contributed by atoms with van der Waals surface area (Å²) in [5, 5.41) is 3.33. The molecule has 0 unspecified atom stereocenters. The average Bonchev–Trinajstić information content (AvgIpc) is 2.73. The molecule has 0 bridgehead atoms. The van der Waals surface area contributed by atoms with Crippen molar-refractivity contribution in [1.29, 1.82) is 0 Å². The van der Waals surface area contributed by atoms with E-state index in [9.17, 15) is 9.18 Å². The van der Waals surface area contributed by atoms with Gasteiger partial charge in [0.1, 0.15) is 5.82 Å². The molecule has 4 nitrogen and oxygen atoms in total. The lowest BCUT2D eigenvalue weighted by Gasteiger charge is -2.25. The van der Waals surface area contributed by atoms with Crippen molar-refractivity contribution in [3.05, 3.63) is 35.6 Å². The first kappa shape index (κ1) is 18.9.